The molecule has 2 aromatic heterocycles. The van der Waals surface area contributed by atoms with Crippen molar-refractivity contribution in [1.29, 1.82) is 0 Å². The van der Waals surface area contributed by atoms with Crippen molar-refractivity contribution in [2.45, 2.75) is 46.1 Å². The first-order valence-electron chi connectivity index (χ1n) is 8.64. The number of carbonyl (C=O) groups is 1. The molecule has 1 N–H and O–H groups in total. The summed E-state index contributed by atoms with van der Waals surface area (Å²) in [4.78, 5) is 20.3. The van der Waals surface area contributed by atoms with Crippen LogP contribution in [0.4, 0.5) is 0 Å². The molecule has 2 heterocycles. The number of hydrogen-bond acceptors (Lipinski definition) is 7. The first-order chi connectivity index (χ1) is 12.3. The molecule has 0 spiro atoms. The minimum Gasteiger partial charge on any atom is -0.475 e. The van der Waals surface area contributed by atoms with E-state index in [-0.39, 0.29) is 11.5 Å². The highest BCUT2D eigenvalue weighted by Gasteiger charge is 2.10. The number of ether oxygens (including phenoxy) is 2. The second-order valence-electron chi connectivity index (χ2n) is 6.79. The highest BCUT2D eigenvalue weighted by Crippen LogP contribution is 2.09. The summed E-state index contributed by atoms with van der Waals surface area (Å²) in [6, 6.07) is 3.36. The van der Waals surface area contributed by atoms with E-state index in [9.17, 15) is 4.79 Å². The molecule has 0 aliphatic heterocycles. The Morgan fingerprint density at radius 2 is 2.08 bits per heavy atom. The quantitative estimate of drug-likeness (QED) is 0.683. The number of nitrogens with one attached hydrogen (secondary N) is 1. The van der Waals surface area contributed by atoms with Crippen LogP contribution in [-0.2, 0) is 11.2 Å². The summed E-state index contributed by atoms with van der Waals surface area (Å²) < 4.78 is 16.1. The molecule has 142 valence electrons. The van der Waals surface area contributed by atoms with Gasteiger partial charge in [-0.05, 0) is 40.2 Å². The standard InChI is InChI=1S/C18H26N4O4/c1-13-21-16(26-22-13)6-5-9-19-17(23)14-7-8-15(20-12-14)24-10-11-25-18(2,3)4/h7-8,12H,5-6,9-11H2,1-4H3,(H,19,23). The molecule has 8 heteroatoms. The number of aromatic nitrogens is 3. The number of amides is 1. The molecule has 0 aliphatic carbocycles. The first kappa shape index (κ1) is 19.8. The topological polar surface area (TPSA) is 99.4 Å². The lowest BCUT2D eigenvalue weighted by Crippen LogP contribution is -2.25. The number of pyridine rings is 1. The first-order valence-corrected chi connectivity index (χ1v) is 8.64. The minimum absolute atomic E-state index is 0.179. The molecule has 0 saturated heterocycles. The maximum atomic E-state index is 12.1. The Morgan fingerprint density at radius 3 is 2.69 bits per heavy atom. The van der Waals surface area contributed by atoms with E-state index >= 15 is 0 Å². The van der Waals surface area contributed by atoms with Crippen LogP contribution in [0.3, 0.4) is 0 Å². The molecule has 2 aromatic rings. The molecule has 0 aromatic carbocycles. The Labute approximate surface area is 153 Å². The van der Waals surface area contributed by atoms with E-state index in [1.807, 2.05) is 20.8 Å². The average molecular weight is 362 g/mol. The molecule has 0 saturated carbocycles. The van der Waals surface area contributed by atoms with Crippen LogP contribution in [0.25, 0.3) is 0 Å². The van der Waals surface area contributed by atoms with Crippen molar-refractivity contribution in [3.8, 4) is 5.88 Å². The smallest absolute Gasteiger partial charge is 0.252 e. The maximum Gasteiger partial charge on any atom is 0.252 e. The summed E-state index contributed by atoms with van der Waals surface area (Å²) in [6.07, 6.45) is 2.84. The van der Waals surface area contributed by atoms with Gasteiger partial charge in [0, 0.05) is 25.2 Å². The lowest BCUT2D eigenvalue weighted by Gasteiger charge is -2.19. The maximum absolute atomic E-state index is 12.1. The lowest BCUT2D eigenvalue weighted by molar-refractivity contribution is -0.0168. The Balaban J connectivity index is 1.67. The fourth-order valence-corrected chi connectivity index (χ4v) is 2.08. The Hall–Kier alpha value is -2.48. The Bertz CT molecular complexity index is 692. The van der Waals surface area contributed by atoms with E-state index in [0.29, 0.717) is 49.3 Å². The van der Waals surface area contributed by atoms with Gasteiger partial charge in [0.1, 0.15) is 6.61 Å². The van der Waals surface area contributed by atoms with Gasteiger partial charge in [0.15, 0.2) is 5.82 Å². The third kappa shape index (κ3) is 7.18. The second-order valence-corrected chi connectivity index (χ2v) is 6.79. The van der Waals surface area contributed by atoms with Gasteiger partial charge in [-0.15, -0.1) is 0 Å². The van der Waals surface area contributed by atoms with E-state index in [2.05, 4.69) is 20.4 Å². The van der Waals surface area contributed by atoms with E-state index in [0.717, 1.165) is 6.42 Å². The molecule has 0 fully saturated rings. The summed E-state index contributed by atoms with van der Waals surface area (Å²) in [5.74, 6) is 1.48. The number of carbonyl (C=O) groups excluding carboxylic acids is 1. The van der Waals surface area contributed by atoms with Crippen molar-refractivity contribution >= 4 is 5.91 Å². The van der Waals surface area contributed by atoms with E-state index < -0.39 is 0 Å². The number of aryl methyl sites for hydroxylation is 2. The zero-order valence-electron chi connectivity index (χ0n) is 15.7. The SMILES string of the molecule is Cc1noc(CCCNC(=O)c2ccc(OCCOC(C)(C)C)nc2)n1. The van der Waals surface area contributed by atoms with Crippen molar-refractivity contribution < 1.29 is 18.8 Å². The van der Waals surface area contributed by atoms with Crippen LogP contribution in [0.2, 0.25) is 0 Å². The summed E-state index contributed by atoms with van der Waals surface area (Å²) in [5, 5.41) is 6.56. The van der Waals surface area contributed by atoms with Gasteiger partial charge in [0.05, 0.1) is 17.8 Å². The van der Waals surface area contributed by atoms with Crippen LogP contribution in [0.5, 0.6) is 5.88 Å². The van der Waals surface area contributed by atoms with E-state index in [1.165, 1.54) is 6.20 Å². The molecular weight excluding hydrogens is 336 g/mol. The highest BCUT2D eigenvalue weighted by atomic mass is 16.5. The highest BCUT2D eigenvalue weighted by molar-refractivity contribution is 5.93. The van der Waals surface area contributed by atoms with Crippen molar-refractivity contribution in [2.75, 3.05) is 19.8 Å². The van der Waals surface area contributed by atoms with Gasteiger partial charge in [-0.3, -0.25) is 4.79 Å². The molecule has 0 bridgehead atoms. The van der Waals surface area contributed by atoms with Crippen LogP contribution in [0.15, 0.2) is 22.9 Å². The van der Waals surface area contributed by atoms with Crippen LogP contribution in [0.1, 0.15) is 49.3 Å². The van der Waals surface area contributed by atoms with E-state index in [1.54, 1.807) is 19.1 Å². The van der Waals surface area contributed by atoms with Crippen molar-refractivity contribution in [1.82, 2.24) is 20.4 Å². The predicted molar refractivity (Wildman–Crippen MR) is 95.1 cm³/mol. The van der Waals surface area contributed by atoms with Crippen LogP contribution in [-0.4, -0.2) is 46.4 Å². The average Bonchev–Trinajstić information content (AvgIpc) is 3.00. The van der Waals surface area contributed by atoms with Crippen molar-refractivity contribution in [3.05, 3.63) is 35.6 Å². The molecule has 0 atom stereocenters. The monoisotopic (exact) mass is 362 g/mol. The van der Waals surface area contributed by atoms with Crippen molar-refractivity contribution in [3.63, 3.8) is 0 Å². The molecular formula is C18H26N4O4. The van der Waals surface area contributed by atoms with Crippen LogP contribution >= 0.6 is 0 Å². The Morgan fingerprint density at radius 1 is 1.27 bits per heavy atom. The fourth-order valence-electron chi connectivity index (χ4n) is 2.08. The summed E-state index contributed by atoms with van der Waals surface area (Å²) in [6.45, 7) is 9.14. The predicted octanol–water partition coefficient (Wildman–Crippen LogP) is 2.33. The van der Waals surface area contributed by atoms with Gasteiger partial charge >= 0.3 is 0 Å². The lowest BCUT2D eigenvalue weighted by atomic mass is 10.2. The molecule has 0 aliphatic rings. The van der Waals surface area contributed by atoms with Crippen molar-refractivity contribution in [2.24, 2.45) is 0 Å². The molecule has 26 heavy (non-hydrogen) atoms. The molecule has 1 amide bonds. The summed E-state index contributed by atoms with van der Waals surface area (Å²) in [5.41, 5.74) is 0.290. The molecule has 0 unspecified atom stereocenters. The van der Waals surface area contributed by atoms with Gasteiger partial charge < -0.3 is 19.3 Å². The zero-order valence-corrected chi connectivity index (χ0v) is 15.7. The van der Waals surface area contributed by atoms with Gasteiger partial charge in [-0.1, -0.05) is 5.16 Å². The number of rotatable bonds is 9. The molecule has 2 rings (SSSR count). The Kier molecular flexibility index (Phi) is 7.08. The fraction of sp³-hybridized carbons (Fsp3) is 0.556. The number of nitrogens with zero attached hydrogens (tertiary/aromatic N) is 3. The second kappa shape index (κ2) is 9.28. The summed E-state index contributed by atoms with van der Waals surface area (Å²) in [7, 11) is 0. The zero-order chi connectivity index (χ0) is 19.0. The minimum atomic E-state index is -0.193. The van der Waals surface area contributed by atoms with Crippen LogP contribution < -0.4 is 10.1 Å². The summed E-state index contributed by atoms with van der Waals surface area (Å²) >= 11 is 0. The normalized spacial score (nSPS) is 11.4. The van der Waals surface area contributed by atoms with Crippen LogP contribution in [0, 0.1) is 6.92 Å². The van der Waals surface area contributed by atoms with Gasteiger partial charge in [0.25, 0.3) is 5.91 Å². The van der Waals surface area contributed by atoms with Gasteiger partial charge in [-0.2, -0.15) is 4.98 Å². The number of hydrogen-bond donors (Lipinski definition) is 1. The van der Waals surface area contributed by atoms with Gasteiger partial charge in [-0.25, -0.2) is 4.98 Å². The third-order valence-corrected chi connectivity index (χ3v) is 3.29. The molecule has 0 radical (unpaired) electrons. The van der Waals surface area contributed by atoms with Gasteiger partial charge in [0.2, 0.25) is 11.8 Å². The molecule has 8 nitrogen and oxygen atoms in total. The third-order valence-electron chi connectivity index (χ3n) is 3.29. The van der Waals surface area contributed by atoms with E-state index in [4.69, 9.17) is 14.0 Å². The largest absolute Gasteiger partial charge is 0.475 e.